The zero-order valence-electron chi connectivity index (χ0n) is 18.3. The van der Waals surface area contributed by atoms with Gasteiger partial charge in [-0.3, -0.25) is 9.59 Å². The molecule has 0 unspecified atom stereocenters. The van der Waals surface area contributed by atoms with Gasteiger partial charge in [0.05, 0.1) is 10.9 Å². The third-order valence-corrected chi connectivity index (χ3v) is 5.97. The number of rotatable bonds is 8. The Bertz CT molecular complexity index is 854. The van der Waals surface area contributed by atoms with Crippen LogP contribution in [0.2, 0.25) is 0 Å². The lowest BCUT2D eigenvalue weighted by Gasteiger charge is -2.25. The van der Waals surface area contributed by atoms with Crippen molar-refractivity contribution in [3.8, 4) is 0 Å². The number of nitrogens with one attached hydrogen (secondary N) is 2. The minimum atomic E-state index is -3.97. The lowest BCUT2D eigenvalue weighted by Crippen LogP contribution is -2.50. The quantitative estimate of drug-likeness (QED) is 0.536. The number of hydrogen-bond donors (Lipinski definition) is 3. The van der Waals surface area contributed by atoms with Crippen LogP contribution in [0.4, 0.5) is 5.69 Å². The van der Waals surface area contributed by atoms with Crippen molar-refractivity contribution in [1.82, 2.24) is 9.62 Å². The molecule has 1 fully saturated rings. The summed E-state index contributed by atoms with van der Waals surface area (Å²) in [4.78, 5) is 35.7. The Morgan fingerprint density at radius 1 is 1.19 bits per heavy atom. The Morgan fingerprint density at radius 3 is 2.23 bits per heavy atom. The van der Waals surface area contributed by atoms with Gasteiger partial charge in [0.25, 0.3) is 0 Å². The highest BCUT2D eigenvalue weighted by Crippen LogP contribution is 2.19. The number of aliphatic carboxylic acids is 1. The summed E-state index contributed by atoms with van der Waals surface area (Å²) in [7, 11) is -3.97. The molecule has 1 aliphatic heterocycles. The average Bonchev–Trinajstić information content (AvgIpc) is 3.18. The summed E-state index contributed by atoms with van der Waals surface area (Å²) in [5.74, 6) is -1.95. The maximum atomic E-state index is 12.4. The van der Waals surface area contributed by atoms with E-state index >= 15 is 0 Å². The zero-order valence-corrected chi connectivity index (χ0v) is 19.1. The van der Waals surface area contributed by atoms with E-state index in [0.29, 0.717) is 18.5 Å². The number of anilines is 1. The topological polar surface area (TPSA) is 142 Å². The molecule has 1 saturated heterocycles. The molecule has 1 aliphatic rings. The second-order valence-corrected chi connectivity index (χ2v) is 8.57. The number of sulfonamides is 1. The highest BCUT2D eigenvalue weighted by Gasteiger charge is 2.36. The van der Waals surface area contributed by atoms with Gasteiger partial charge in [0.1, 0.15) is 6.04 Å². The fraction of sp³-hybridized carbons (Fsp3) is 0.550. The molecule has 31 heavy (non-hydrogen) atoms. The van der Waals surface area contributed by atoms with Gasteiger partial charge in [0, 0.05) is 32.4 Å². The number of benzene rings is 1. The van der Waals surface area contributed by atoms with E-state index in [9.17, 15) is 22.8 Å². The molecule has 0 radical (unpaired) electrons. The van der Waals surface area contributed by atoms with Gasteiger partial charge in [-0.05, 0) is 57.9 Å². The Kier molecular flexibility index (Phi) is 10.6. The van der Waals surface area contributed by atoms with Crippen molar-refractivity contribution in [3.05, 3.63) is 24.3 Å². The van der Waals surface area contributed by atoms with Crippen molar-refractivity contribution < 1.29 is 32.6 Å². The van der Waals surface area contributed by atoms with E-state index in [1.54, 1.807) is 0 Å². The third-order valence-electron chi connectivity index (χ3n) is 4.42. The second kappa shape index (κ2) is 12.4. The van der Waals surface area contributed by atoms with E-state index < -0.39 is 34.0 Å². The molecule has 2 amide bonds. The predicted molar refractivity (Wildman–Crippen MR) is 115 cm³/mol. The molecule has 0 aromatic heterocycles. The molecule has 1 aromatic rings. The number of hydrogen-bond acceptors (Lipinski definition) is 6. The van der Waals surface area contributed by atoms with E-state index in [0.717, 1.165) is 13.2 Å². The van der Waals surface area contributed by atoms with Gasteiger partial charge in [0.15, 0.2) is 0 Å². The smallest absolute Gasteiger partial charge is 0.326 e. The standard InChI is InChI=1S/C16H21N3O6S.C4H10O/c1-10(15(21)19-9-3-4-14(19)16(22)23)18-26(24,25)13-7-5-12(6-8-13)17-11(2)20;1-3-5-4-2/h5-8,10,14,18H,3-4,9H2,1-2H3,(H,17,20)(H,22,23);3-4H2,1-2H3/t10-,14-;/m0./s1. The van der Waals surface area contributed by atoms with Crippen LogP contribution in [-0.2, 0) is 29.1 Å². The number of carboxylic acid groups (broad SMARTS) is 1. The summed E-state index contributed by atoms with van der Waals surface area (Å²) >= 11 is 0. The predicted octanol–water partition coefficient (Wildman–Crippen LogP) is 1.43. The summed E-state index contributed by atoms with van der Waals surface area (Å²) < 4.78 is 32.0. The summed E-state index contributed by atoms with van der Waals surface area (Å²) in [6.07, 6.45) is 0.915. The van der Waals surface area contributed by atoms with Crippen LogP contribution >= 0.6 is 0 Å². The van der Waals surface area contributed by atoms with E-state index in [2.05, 4.69) is 10.0 Å². The Morgan fingerprint density at radius 2 is 1.77 bits per heavy atom. The van der Waals surface area contributed by atoms with E-state index in [1.807, 2.05) is 13.8 Å². The van der Waals surface area contributed by atoms with Crippen molar-refractivity contribution in [2.75, 3.05) is 25.1 Å². The molecular formula is C20H31N3O7S. The summed E-state index contributed by atoms with van der Waals surface area (Å²) in [6.45, 7) is 8.66. The van der Waals surface area contributed by atoms with Crippen molar-refractivity contribution in [1.29, 1.82) is 0 Å². The summed E-state index contributed by atoms with van der Waals surface area (Å²) in [5, 5.41) is 11.7. The molecule has 3 N–H and O–H groups in total. The number of amides is 2. The number of ether oxygens (including phenoxy) is 1. The lowest BCUT2D eigenvalue weighted by atomic mass is 10.2. The van der Waals surface area contributed by atoms with Gasteiger partial charge in [-0.15, -0.1) is 0 Å². The van der Waals surface area contributed by atoms with Gasteiger partial charge in [-0.2, -0.15) is 4.72 Å². The van der Waals surface area contributed by atoms with Crippen molar-refractivity contribution >= 4 is 33.5 Å². The zero-order chi connectivity index (χ0) is 23.6. The molecule has 1 aromatic carbocycles. The normalized spacial score (nSPS) is 16.8. The molecule has 1 heterocycles. The highest BCUT2D eigenvalue weighted by molar-refractivity contribution is 7.89. The molecule has 2 atom stereocenters. The fourth-order valence-electron chi connectivity index (χ4n) is 3.01. The first-order valence-electron chi connectivity index (χ1n) is 10.0. The molecule has 174 valence electrons. The molecule has 0 aliphatic carbocycles. The number of carbonyl (C=O) groups is 3. The largest absolute Gasteiger partial charge is 0.480 e. The molecule has 2 rings (SSSR count). The number of carboxylic acids is 1. The lowest BCUT2D eigenvalue weighted by molar-refractivity contribution is -0.148. The molecular weight excluding hydrogens is 426 g/mol. The molecule has 0 bridgehead atoms. The van der Waals surface area contributed by atoms with Crippen LogP contribution in [0.25, 0.3) is 0 Å². The minimum absolute atomic E-state index is 0.0672. The Balaban J connectivity index is 0.000000861. The van der Waals surface area contributed by atoms with E-state index in [4.69, 9.17) is 9.84 Å². The fourth-order valence-corrected chi connectivity index (χ4v) is 4.21. The summed E-state index contributed by atoms with van der Waals surface area (Å²) in [6, 6.07) is 3.45. The molecule has 0 saturated carbocycles. The highest BCUT2D eigenvalue weighted by atomic mass is 32.2. The van der Waals surface area contributed by atoms with Crippen LogP contribution in [0.5, 0.6) is 0 Å². The van der Waals surface area contributed by atoms with Gasteiger partial charge in [-0.1, -0.05) is 0 Å². The van der Waals surface area contributed by atoms with Gasteiger partial charge < -0.3 is 20.1 Å². The first kappa shape index (κ1) is 26.5. The Hall–Kier alpha value is -2.50. The maximum absolute atomic E-state index is 12.4. The number of nitrogens with zero attached hydrogens (tertiary/aromatic N) is 1. The van der Waals surface area contributed by atoms with Gasteiger partial charge >= 0.3 is 5.97 Å². The number of likely N-dealkylation sites (tertiary alicyclic amines) is 1. The molecule has 10 nitrogen and oxygen atoms in total. The minimum Gasteiger partial charge on any atom is -0.480 e. The van der Waals surface area contributed by atoms with Crippen LogP contribution in [0.15, 0.2) is 29.2 Å². The average molecular weight is 458 g/mol. The SMILES string of the molecule is CC(=O)Nc1ccc(S(=O)(=O)N[C@@H](C)C(=O)N2CCC[C@H]2C(=O)O)cc1.CCOCC. The van der Waals surface area contributed by atoms with Crippen LogP contribution in [0.3, 0.4) is 0 Å². The van der Waals surface area contributed by atoms with Crippen LogP contribution < -0.4 is 10.0 Å². The number of carbonyl (C=O) groups excluding carboxylic acids is 2. The van der Waals surface area contributed by atoms with Gasteiger partial charge in [0.2, 0.25) is 21.8 Å². The van der Waals surface area contributed by atoms with Crippen LogP contribution in [0, 0.1) is 0 Å². The molecule has 11 heteroatoms. The van der Waals surface area contributed by atoms with E-state index in [-0.39, 0.29) is 17.3 Å². The van der Waals surface area contributed by atoms with Gasteiger partial charge in [-0.25, -0.2) is 13.2 Å². The first-order chi connectivity index (χ1) is 14.5. The molecule has 0 spiro atoms. The monoisotopic (exact) mass is 457 g/mol. The third kappa shape index (κ3) is 8.27. The van der Waals surface area contributed by atoms with E-state index in [1.165, 1.54) is 43.0 Å². The first-order valence-corrected chi connectivity index (χ1v) is 11.5. The van der Waals surface area contributed by atoms with Crippen LogP contribution in [-0.4, -0.2) is 68.1 Å². The summed E-state index contributed by atoms with van der Waals surface area (Å²) in [5.41, 5.74) is 0.446. The second-order valence-electron chi connectivity index (χ2n) is 6.86. The Labute approximate surface area is 183 Å². The van der Waals surface area contributed by atoms with Crippen molar-refractivity contribution in [2.24, 2.45) is 0 Å². The maximum Gasteiger partial charge on any atom is 0.326 e. The van der Waals surface area contributed by atoms with Crippen molar-refractivity contribution in [3.63, 3.8) is 0 Å². The van der Waals surface area contributed by atoms with Crippen LogP contribution in [0.1, 0.15) is 40.5 Å². The van der Waals surface area contributed by atoms with Crippen molar-refractivity contribution in [2.45, 2.75) is 57.5 Å².